The van der Waals surface area contributed by atoms with Crippen LogP contribution in [0.15, 0.2) is 23.3 Å². The monoisotopic (exact) mass is 256 g/mol. The number of azide groups is 1. The first kappa shape index (κ1) is 13.8. The van der Waals surface area contributed by atoms with Crippen molar-refractivity contribution in [2.24, 2.45) is 5.11 Å². The van der Waals surface area contributed by atoms with Gasteiger partial charge in [-0.1, -0.05) is 11.2 Å². The number of rotatable bonds is 5. The van der Waals surface area contributed by atoms with Crippen LogP contribution in [0.1, 0.15) is 11.7 Å². The van der Waals surface area contributed by atoms with Crippen LogP contribution in [0.5, 0.6) is 0 Å². The van der Waals surface area contributed by atoms with Gasteiger partial charge in [-0.3, -0.25) is 10.1 Å². The van der Waals surface area contributed by atoms with Crippen molar-refractivity contribution in [3.63, 3.8) is 0 Å². The summed E-state index contributed by atoms with van der Waals surface area (Å²) in [5, 5.41) is 32.8. The molecule has 0 aliphatic rings. The first-order valence-electron chi connectivity index (χ1n) is 4.78. The van der Waals surface area contributed by atoms with E-state index in [-0.39, 0.29) is 5.56 Å². The Hall–Kier alpha value is -2.22. The minimum Gasteiger partial charge on any atom is -0.390 e. The van der Waals surface area contributed by atoms with Crippen molar-refractivity contribution >= 4 is 5.69 Å². The number of hydrogen-bond acceptors (Lipinski definition) is 5. The van der Waals surface area contributed by atoms with Crippen LogP contribution in [0.4, 0.5) is 10.1 Å². The Bertz CT molecular complexity index is 503. The number of halogens is 1. The SMILES string of the molecule is [N-]=[N+]=NCC(O)C(O)c1cccc(F)c1[N+](=O)[O-]. The van der Waals surface area contributed by atoms with Gasteiger partial charge >= 0.3 is 5.69 Å². The van der Waals surface area contributed by atoms with Gasteiger partial charge < -0.3 is 10.2 Å². The highest BCUT2D eigenvalue weighted by molar-refractivity contribution is 5.43. The van der Waals surface area contributed by atoms with E-state index in [2.05, 4.69) is 10.0 Å². The molecule has 9 heteroatoms. The lowest BCUT2D eigenvalue weighted by Crippen LogP contribution is -2.22. The van der Waals surface area contributed by atoms with E-state index in [1.54, 1.807) is 0 Å². The van der Waals surface area contributed by atoms with E-state index in [1.807, 2.05) is 0 Å². The highest BCUT2D eigenvalue weighted by Gasteiger charge is 2.28. The maximum Gasteiger partial charge on any atom is 0.310 e. The van der Waals surface area contributed by atoms with Crippen LogP contribution in [0.25, 0.3) is 10.4 Å². The van der Waals surface area contributed by atoms with Crippen LogP contribution in [-0.4, -0.2) is 27.8 Å². The Kier molecular flexibility index (Phi) is 4.55. The molecule has 0 saturated heterocycles. The summed E-state index contributed by atoms with van der Waals surface area (Å²) < 4.78 is 13.3. The fraction of sp³-hybridized carbons (Fsp3) is 0.333. The van der Waals surface area contributed by atoms with Gasteiger partial charge in [-0.05, 0) is 17.7 Å². The fourth-order valence-corrected chi connectivity index (χ4v) is 1.39. The van der Waals surface area contributed by atoms with Crippen LogP contribution in [-0.2, 0) is 0 Å². The third-order valence-corrected chi connectivity index (χ3v) is 2.22. The average molecular weight is 256 g/mol. The van der Waals surface area contributed by atoms with E-state index in [9.17, 15) is 24.7 Å². The largest absolute Gasteiger partial charge is 0.390 e. The Balaban J connectivity index is 3.12. The van der Waals surface area contributed by atoms with E-state index >= 15 is 0 Å². The summed E-state index contributed by atoms with van der Waals surface area (Å²) in [6.07, 6.45) is -3.27. The maximum atomic E-state index is 13.3. The van der Waals surface area contributed by atoms with Crippen LogP contribution in [0, 0.1) is 15.9 Å². The molecule has 2 atom stereocenters. The Morgan fingerprint density at radius 1 is 1.56 bits per heavy atom. The molecule has 2 N–H and O–H groups in total. The third-order valence-electron chi connectivity index (χ3n) is 2.22. The van der Waals surface area contributed by atoms with Gasteiger partial charge in [-0.15, -0.1) is 0 Å². The highest BCUT2D eigenvalue weighted by atomic mass is 19.1. The molecule has 0 aliphatic carbocycles. The third kappa shape index (κ3) is 2.92. The summed E-state index contributed by atoms with van der Waals surface area (Å²) in [5.74, 6) is -1.12. The van der Waals surface area contributed by atoms with Crippen molar-refractivity contribution in [1.82, 2.24) is 0 Å². The van der Waals surface area contributed by atoms with E-state index < -0.39 is 35.2 Å². The number of hydrogen-bond donors (Lipinski definition) is 2. The number of aliphatic hydroxyl groups excluding tert-OH is 2. The summed E-state index contributed by atoms with van der Waals surface area (Å²) in [6, 6.07) is 3.15. The smallest absolute Gasteiger partial charge is 0.310 e. The summed E-state index contributed by atoms with van der Waals surface area (Å²) in [4.78, 5) is 12.1. The van der Waals surface area contributed by atoms with Crippen LogP contribution in [0.3, 0.4) is 0 Å². The number of para-hydroxylation sites is 1. The standard InChI is InChI=1S/C9H9FN4O4/c10-6-3-1-2-5(8(6)14(17)18)9(16)7(15)4-12-13-11/h1-3,7,9,15-16H,4H2. The van der Waals surface area contributed by atoms with Gasteiger partial charge in [0.15, 0.2) is 0 Å². The lowest BCUT2D eigenvalue weighted by atomic mass is 10.0. The van der Waals surface area contributed by atoms with Crippen molar-refractivity contribution in [3.05, 3.63) is 50.1 Å². The molecule has 0 amide bonds. The molecular weight excluding hydrogens is 247 g/mol. The topological polar surface area (TPSA) is 132 Å². The molecule has 18 heavy (non-hydrogen) atoms. The predicted molar refractivity (Wildman–Crippen MR) is 58.0 cm³/mol. The first-order chi connectivity index (χ1) is 8.49. The molecule has 2 unspecified atom stereocenters. The first-order valence-corrected chi connectivity index (χ1v) is 4.78. The molecule has 1 aromatic carbocycles. The molecule has 0 radical (unpaired) electrons. The molecule has 0 aliphatic heterocycles. The van der Waals surface area contributed by atoms with Gasteiger partial charge in [-0.2, -0.15) is 4.39 Å². The van der Waals surface area contributed by atoms with Gasteiger partial charge in [0, 0.05) is 4.91 Å². The minimum atomic E-state index is -1.72. The predicted octanol–water partition coefficient (Wildman–Crippen LogP) is 1.44. The summed E-state index contributed by atoms with van der Waals surface area (Å²) >= 11 is 0. The summed E-state index contributed by atoms with van der Waals surface area (Å²) in [7, 11) is 0. The zero-order chi connectivity index (χ0) is 13.7. The van der Waals surface area contributed by atoms with Gasteiger partial charge in [0.2, 0.25) is 5.82 Å². The molecule has 0 heterocycles. The summed E-state index contributed by atoms with van der Waals surface area (Å²) in [5.41, 5.74) is 6.77. The summed E-state index contributed by atoms with van der Waals surface area (Å²) in [6.45, 7) is -0.481. The zero-order valence-electron chi connectivity index (χ0n) is 8.97. The lowest BCUT2D eigenvalue weighted by molar-refractivity contribution is -0.389. The van der Waals surface area contributed by atoms with Crippen LogP contribution >= 0.6 is 0 Å². The van der Waals surface area contributed by atoms with E-state index in [4.69, 9.17) is 5.53 Å². The van der Waals surface area contributed by atoms with Crippen molar-refractivity contribution < 1.29 is 19.5 Å². The fourth-order valence-electron chi connectivity index (χ4n) is 1.39. The number of aliphatic hydroxyl groups is 2. The number of nitrogens with zero attached hydrogens (tertiary/aromatic N) is 4. The lowest BCUT2D eigenvalue weighted by Gasteiger charge is -2.16. The van der Waals surface area contributed by atoms with E-state index in [0.717, 1.165) is 12.1 Å². The van der Waals surface area contributed by atoms with Gasteiger partial charge in [0.1, 0.15) is 6.10 Å². The molecule has 1 aromatic rings. The van der Waals surface area contributed by atoms with Crippen molar-refractivity contribution in [1.29, 1.82) is 0 Å². The van der Waals surface area contributed by atoms with Gasteiger partial charge in [0.05, 0.1) is 23.1 Å². The normalized spacial score (nSPS) is 13.5. The second-order valence-electron chi connectivity index (χ2n) is 3.36. The van der Waals surface area contributed by atoms with E-state index in [1.165, 1.54) is 6.07 Å². The maximum absolute atomic E-state index is 13.3. The second-order valence-corrected chi connectivity index (χ2v) is 3.36. The molecule has 0 fully saturated rings. The molecule has 0 spiro atoms. The molecule has 0 saturated carbocycles. The molecule has 96 valence electrons. The Labute approximate surface area is 100 Å². The van der Waals surface area contributed by atoms with Crippen molar-refractivity contribution in [2.45, 2.75) is 12.2 Å². The quantitative estimate of drug-likeness (QED) is 0.271. The van der Waals surface area contributed by atoms with Crippen molar-refractivity contribution in [2.75, 3.05) is 6.54 Å². The molecule has 1 rings (SSSR count). The average Bonchev–Trinajstić information content (AvgIpc) is 2.34. The molecule has 0 aromatic heterocycles. The Morgan fingerprint density at radius 2 is 2.22 bits per heavy atom. The number of benzene rings is 1. The molecule has 8 nitrogen and oxygen atoms in total. The molecule has 0 bridgehead atoms. The van der Waals surface area contributed by atoms with Gasteiger partial charge in [0.25, 0.3) is 0 Å². The second kappa shape index (κ2) is 5.92. The molecular formula is C9H9FN4O4. The van der Waals surface area contributed by atoms with E-state index in [0.29, 0.717) is 0 Å². The van der Waals surface area contributed by atoms with Crippen LogP contribution < -0.4 is 0 Å². The number of nitro benzene ring substituents is 1. The highest BCUT2D eigenvalue weighted by Crippen LogP contribution is 2.29. The Morgan fingerprint density at radius 3 is 2.78 bits per heavy atom. The van der Waals surface area contributed by atoms with Crippen LogP contribution in [0.2, 0.25) is 0 Å². The van der Waals surface area contributed by atoms with Gasteiger partial charge in [-0.25, -0.2) is 0 Å². The zero-order valence-corrected chi connectivity index (χ0v) is 8.97. The van der Waals surface area contributed by atoms with Crippen molar-refractivity contribution in [3.8, 4) is 0 Å². The minimum absolute atomic E-state index is 0.374. The number of nitro groups is 1.